The van der Waals surface area contributed by atoms with Crippen molar-refractivity contribution in [3.63, 3.8) is 0 Å². The Morgan fingerprint density at radius 3 is 2.36 bits per heavy atom. The number of fused-ring (bicyclic) bond motifs is 7. The van der Waals surface area contributed by atoms with Gasteiger partial charge in [-0.25, -0.2) is 4.72 Å². The maximum Gasteiger partial charge on any atom is 0.303 e. The highest BCUT2D eigenvalue weighted by atomic mass is 32.2. The zero-order valence-corrected chi connectivity index (χ0v) is 29.0. The van der Waals surface area contributed by atoms with E-state index in [1.807, 2.05) is 37.8 Å². The molecule has 4 aliphatic rings. The van der Waals surface area contributed by atoms with E-state index in [1.54, 1.807) is 19.2 Å². The predicted octanol–water partition coefficient (Wildman–Crippen LogP) is 5.01. The number of likely N-dealkylation sites (tertiary alicyclic amines) is 1. The molecule has 2 aromatic carbocycles. The third-order valence-corrected chi connectivity index (χ3v) is 12.9. The summed E-state index contributed by atoms with van der Waals surface area (Å²) in [4.78, 5) is 29.7. The molecule has 1 aromatic heterocycles. The number of ether oxygens (including phenoxy) is 1. The SMILES string of the molecule is COc1ccc2c(c1)C1CC1(C(=O)N1CC(O)(C(C)(C)C)C1)Cn1c-2c(C2CCCCC2)c2ccc(C(=O)NS(=O)(=O)N(C)C)cc21. The molecule has 47 heavy (non-hydrogen) atoms. The van der Waals surface area contributed by atoms with E-state index < -0.39 is 27.1 Å². The van der Waals surface area contributed by atoms with Gasteiger partial charge in [0, 0.05) is 48.6 Å². The fourth-order valence-corrected chi connectivity index (χ4v) is 8.74. The summed E-state index contributed by atoms with van der Waals surface area (Å²) in [6.07, 6.45) is 6.30. The van der Waals surface area contributed by atoms with E-state index in [1.165, 1.54) is 26.1 Å². The zero-order chi connectivity index (χ0) is 33.7. The Morgan fingerprint density at radius 1 is 1.02 bits per heavy atom. The van der Waals surface area contributed by atoms with Crippen LogP contribution in [0.15, 0.2) is 36.4 Å². The molecule has 2 atom stereocenters. The Bertz CT molecular complexity index is 1900. The smallest absolute Gasteiger partial charge is 0.303 e. The van der Waals surface area contributed by atoms with Crippen molar-refractivity contribution in [2.24, 2.45) is 10.8 Å². The van der Waals surface area contributed by atoms with Gasteiger partial charge in [0.05, 0.1) is 31.3 Å². The standard InChI is InChI=1S/C36H46N4O6S/c1-34(2,3)36(43)20-39(21-36)33(42)35-18-28(35)27-17-24(46-6)13-15-25(27)31-30(22-10-8-7-9-11-22)26-14-12-23(16-29(26)40(31)19-35)32(41)37-47(44,45)38(4)5/h12-17,22,28,43H,7-11,18-21H2,1-6H3,(H,37,41). The molecule has 11 heteroatoms. The Kier molecular flexibility index (Phi) is 7.39. The van der Waals surface area contributed by atoms with Gasteiger partial charge in [-0.05, 0) is 72.1 Å². The summed E-state index contributed by atoms with van der Waals surface area (Å²) in [5.74, 6) is 0.392. The highest BCUT2D eigenvalue weighted by molar-refractivity contribution is 7.87. The number of aromatic nitrogens is 1. The molecule has 1 saturated heterocycles. The maximum atomic E-state index is 14.6. The number of hydrogen-bond acceptors (Lipinski definition) is 6. The highest BCUT2D eigenvalue weighted by Gasteiger charge is 2.66. The van der Waals surface area contributed by atoms with Crippen LogP contribution >= 0.6 is 0 Å². The lowest BCUT2D eigenvalue weighted by molar-refractivity contribution is -0.184. The number of nitrogens with one attached hydrogen (secondary N) is 1. The van der Waals surface area contributed by atoms with Crippen LogP contribution in [-0.4, -0.2) is 79.0 Å². The van der Waals surface area contributed by atoms with Crippen LogP contribution in [0.1, 0.15) is 92.6 Å². The Morgan fingerprint density at radius 2 is 1.72 bits per heavy atom. The van der Waals surface area contributed by atoms with Crippen LogP contribution < -0.4 is 9.46 Å². The Balaban J connectivity index is 1.40. The summed E-state index contributed by atoms with van der Waals surface area (Å²) >= 11 is 0. The molecule has 0 radical (unpaired) electrons. The van der Waals surface area contributed by atoms with Crippen LogP contribution in [0.4, 0.5) is 0 Å². The lowest BCUT2D eigenvalue weighted by atomic mass is 9.71. The number of carbonyl (C=O) groups is 2. The summed E-state index contributed by atoms with van der Waals surface area (Å²) in [7, 11) is 0.417. The van der Waals surface area contributed by atoms with Crippen molar-refractivity contribution in [2.45, 2.75) is 83.3 Å². The fourth-order valence-electron chi connectivity index (χ4n) is 8.21. The third kappa shape index (κ3) is 4.99. The van der Waals surface area contributed by atoms with Crippen molar-refractivity contribution in [3.05, 3.63) is 53.1 Å². The van der Waals surface area contributed by atoms with E-state index in [0.717, 1.165) is 63.5 Å². The molecule has 0 bridgehead atoms. The Hall–Kier alpha value is -3.41. The molecule has 2 aliphatic carbocycles. The summed E-state index contributed by atoms with van der Waals surface area (Å²) in [5.41, 5.74) is 3.55. The summed E-state index contributed by atoms with van der Waals surface area (Å²) in [6.45, 7) is 7.03. The Labute approximate surface area is 277 Å². The third-order valence-electron chi connectivity index (χ3n) is 11.5. The summed E-state index contributed by atoms with van der Waals surface area (Å²) < 4.78 is 36.2. The molecule has 2 aliphatic heterocycles. The van der Waals surface area contributed by atoms with Crippen LogP contribution in [0, 0.1) is 10.8 Å². The van der Waals surface area contributed by atoms with Gasteiger partial charge in [0.25, 0.3) is 5.91 Å². The van der Waals surface area contributed by atoms with Gasteiger partial charge in [0.15, 0.2) is 0 Å². The molecule has 10 nitrogen and oxygen atoms in total. The molecule has 0 spiro atoms. The molecule has 3 aromatic rings. The second-order valence-electron chi connectivity index (χ2n) is 15.4. The van der Waals surface area contributed by atoms with Crippen molar-refractivity contribution in [1.29, 1.82) is 0 Å². The fraction of sp³-hybridized carbons (Fsp3) is 0.556. The first-order chi connectivity index (χ1) is 22.1. The van der Waals surface area contributed by atoms with Gasteiger partial charge in [0.2, 0.25) is 5.91 Å². The van der Waals surface area contributed by atoms with Crippen molar-refractivity contribution in [1.82, 2.24) is 18.5 Å². The molecule has 2 N–H and O–H groups in total. The topological polar surface area (TPSA) is 121 Å². The summed E-state index contributed by atoms with van der Waals surface area (Å²) in [5, 5.41) is 12.3. The van der Waals surface area contributed by atoms with Gasteiger partial charge in [-0.2, -0.15) is 12.7 Å². The monoisotopic (exact) mass is 662 g/mol. The van der Waals surface area contributed by atoms with E-state index in [2.05, 4.69) is 21.4 Å². The number of rotatable bonds is 6. The van der Waals surface area contributed by atoms with Crippen molar-refractivity contribution >= 4 is 32.9 Å². The van der Waals surface area contributed by atoms with Crippen LogP contribution in [-0.2, 0) is 21.5 Å². The lowest BCUT2D eigenvalue weighted by Crippen LogP contribution is -2.70. The number of hydrogen-bond donors (Lipinski definition) is 2. The second-order valence-corrected chi connectivity index (χ2v) is 17.3. The predicted molar refractivity (Wildman–Crippen MR) is 181 cm³/mol. The zero-order valence-electron chi connectivity index (χ0n) is 28.2. The number of carbonyl (C=O) groups excluding carboxylic acids is 2. The molecular formula is C36H46N4O6S. The van der Waals surface area contributed by atoms with Crippen molar-refractivity contribution in [2.75, 3.05) is 34.3 Å². The minimum atomic E-state index is -3.99. The molecule has 7 rings (SSSR count). The molecule has 2 amide bonds. The maximum absolute atomic E-state index is 14.6. The molecule has 2 saturated carbocycles. The van der Waals surface area contributed by atoms with Gasteiger partial charge >= 0.3 is 10.2 Å². The first kappa shape index (κ1) is 32.2. The molecule has 2 unspecified atom stereocenters. The van der Waals surface area contributed by atoms with Gasteiger partial charge in [-0.15, -0.1) is 0 Å². The number of nitrogens with zero attached hydrogens (tertiary/aromatic N) is 3. The molecule has 3 heterocycles. The minimum Gasteiger partial charge on any atom is -0.497 e. The molecule has 252 valence electrons. The minimum absolute atomic E-state index is 0.0192. The normalized spacial score (nSPS) is 23.7. The van der Waals surface area contributed by atoms with Gasteiger partial charge in [0.1, 0.15) is 11.4 Å². The van der Waals surface area contributed by atoms with Crippen LogP contribution in [0.5, 0.6) is 5.75 Å². The van der Waals surface area contributed by atoms with Gasteiger partial charge < -0.3 is 19.3 Å². The van der Waals surface area contributed by atoms with Crippen molar-refractivity contribution in [3.8, 4) is 17.0 Å². The van der Waals surface area contributed by atoms with Crippen LogP contribution in [0.25, 0.3) is 22.2 Å². The molecule has 3 fully saturated rings. The van der Waals surface area contributed by atoms with Crippen LogP contribution in [0.2, 0.25) is 0 Å². The average molecular weight is 663 g/mol. The number of aliphatic hydroxyl groups is 1. The summed E-state index contributed by atoms with van der Waals surface area (Å²) in [6, 6.07) is 11.6. The van der Waals surface area contributed by atoms with E-state index in [9.17, 15) is 23.1 Å². The number of methoxy groups -OCH3 is 1. The largest absolute Gasteiger partial charge is 0.497 e. The highest BCUT2D eigenvalue weighted by Crippen LogP contribution is 2.66. The number of β-amino-alcohol motifs (C(OH)–C–C–N with tert-alkyl or cyclic N) is 1. The quantitative estimate of drug-likeness (QED) is 0.383. The number of amides is 2. The second kappa shape index (κ2) is 10.8. The molecular weight excluding hydrogens is 616 g/mol. The average Bonchev–Trinajstić information content (AvgIpc) is 3.68. The van der Waals surface area contributed by atoms with E-state index in [0.29, 0.717) is 32.0 Å². The van der Waals surface area contributed by atoms with Crippen molar-refractivity contribution < 1.29 is 27.9 Å². The van der Waals surface area contributed by atoms with E-state index in [-0.39, 0.29) is 22.8 Å². The van der Waals surface area contributed by atoms with E-state index in [4.69, 9.17) is 4.74 Å². The first-order valence-corrected chi connectivity index (χ1v) is 18.1. The lowest BCUT2D eigenvalue weighted by Gasteiger charge is -2.54. The van der Waals surface area contributed by atoms with Gasteiger partial charge in [-0.3, -0.25) is 9.59 Å². The van der Waals surface area contributed by atoms with Crippen LogP contribution in [0.3, 0.4) is 0 Å². The van der Waals surface area contributed by atoms with Gasteiger partial charge in [-0.1, -0.05) is 46.1 Å². The first-order valence-electron chi connectivity index (χ1n) is 16.7. The number of benzene rings is 2. The van der Waals surface area contributed by atoms with E-state index >= 15 is 0 Å².